The van der Waals surface area contributed by atoms with Gasteiger partial charge in [0, 0.05) is 45.3 Å². The van der Waals surface area contributed by atoms with Gasteiger partial charge in [-0.1, -0.05) is 198 Å². The number of para-hydroxylation sites is 2. The normalized spacial score (nSPS) is 13.4. The second kappa shape index (κ2) is 19.0. The average molecular weight is 1060 g/mol. The van der Waals surface area contributed by atoms with Gasteiger partial charge in [0.05, 0.1) is 33.8 Å². The summed E-state index contributed by atoms with van der Waals surface area (Å²) in [5.41, 5.74) is 22.8. The van der Waals surface area contributed by atoms with Crippen LogP contribution >= 0.6 is 0 Å². The van der Waals surface area contributed by atoms with Crippen molar-refractivity contribution in [3.05, 3.63) is 229 Å². The molecule has 0 spiro atoms. The average Bonchev–Trinajstić information content (AvgIpc) is 4.12. The molecule has 0 aliphatic carbocycles. The van der Waals surface area contributed by atoms with Gasteiger partial charge in [-0.3, -0.25) is 4.57 Å². The zero-order valence-corrected chi connectivity index (χ0v) is 49.0. The van der Waals surface area contributed by atoms with E-state index in [1.165, 1.54) is 61.3 Å². The number of hydrogen-bond donors (Lipinski definition) is 0. The molecule has 9 aromatic carbocycles. The van der Waals surface area contributed by atoms with Crippen LogP contribution in [0, 0.1) is 0 Å². The highest BCUT2D eigenvalue weighted by molar-refractivity contribution is 6.11. The number of rotatable bonds is 2. The zero-order valence-electron chi connectivity index (χ0n) is 49.0. The van der Waals surface area contributed by atoms with Gasteiger partial charge in [0.1, 0.15) is 24.0 Å². The van der Waals surface area contributed by atoms with Crippen LogP contribution in [0.2, 0.25) is 0 Å². The lowest BCUT2D eigenvalue weighted by Gasteiger charge is -2.31. The third kappa shape index (κ3) is 9.37. The van der Waals surface area contributed by atoms with Crippen molar-refractivity contribution in [2.75, 3.05) is 16.5 Å². The first-order valence-corrected chi connectivity index (χ1v) is 28.8. The quantitative estimate of drug-likeness (QED) is 0.173. The first kappa shape index (κ1) is 51.7. The largest absolute Gasteiger partial charge is 0.457 e. The third-order valence-electron chi connectivity index (χ3n) is 16.8. The Bertz CT molecular complexity index is 4280. The summed E-state index contributed by atoms with van der Waals surface area (Å²) in [4.78, 5) is 10.7. The maximum Gasteiger partial charge on any atom is 0.138 e. The first-order chi connectivity index (χ1) is 38.6. The minimum Gasteiger partial charge on any atom is -0.457 e. The van der Waals surface area contributed by atoms with Crippen molar-refractivity contribution in [3.8, 4) is 73.1 Å². The molecule has 0 fully saturated rings. The Labute approximate surface area is 479 Å². The summed E-state index contributed by atoms with van der Waals surface area (Å²) < 4.78 is 9.40. The lowest BCUT2D eigenvalue weighted by Crippen LogP contribution is -2.25. The van der Waals surface area contributed by atoms with Gasteiger partial charge >= 0.3 is 0 Å². The molecular formula is C76H72N4O. The second-order valence-electron chi connectivity index (χ2n) is 26.6. The van der Waals surface area contributed by atoms with Gasteiger partial charge in [-0.2, -0.15) is 0 Å². The molecule has 5 nitrogen and oxygen atoms in total. The Morgan fingerprint density at radius 2 is 0.963 bits per heavy atom. The van der Waals surface area contributed by atoms with E-state index in [0.717, 1.165) is 78.6 Å². The van der Waals surface area contributed by atoms with Crippen LogP contribution in [-0.4, -0.2) is 16.2 Å². The number of aromatic nitrogens is 2. The second-order valence-corrected chi connectivity index (χ2v) is 26.6. The molecule has 81 heavy (non-hydrogen) atoms. The van der Waals surface area contributed by atoms with E-state index >= 15 is 0 Å². The predicted molar refractivity (Wildman–Crippen MR) is 343 cm³/mol. The van der Waals surface area contributed by atoms with Gasteiger partial charge in [-0.05, 0) is 156 Å². The van der Waals surface area contributed by atoms with Gasteiger partial charge in [-0.25, -0.2) is 4.98 Å². The van der Waals surface area contributed by atoms with Crippen molar-refractivity contribution in [1.29, 1.82) is 0 Å². The highest BCUT2D eigenvalue weighted by Gasteiger charge is 2.34. The van der Waals surface area contributed by atoms with E-state index in [0.29, 0.717) is 6.67 Å². The Morgan fingerprint density at radius 3 is 1.69 bits per heavy atom. The standard InChI is InChI=1S/C76H72N4O/c1-73(2,3)53-33-30-48(31-34-53)49-32-37-67-64(40-49)62-36-35-59-46-70(62)80(67)71-44-56(76(10,11)12)43-66(77-71)52-22-17-20-50(38-52)60-26-13-14-27-61(60)65-42-55(75(7,8)9)41-63(51-21-18-23-54(39-51)74(4,5)6)72(65)79-47-78(68-28-15-16-29-69(68)79)57-24-19-25-58(45-57)81-59/h13-46H,47H2,1-12H3. The van der Waals surface area contributed by atoms with Crippen molar-refractivity contribution in [3.63, 3.8) is 0 Å². The van der Waals surface area contributed by atoms with E-state index in [4.69, 9.17) is 9.72 Å². The SMILES string of the molecule is CC(C)(C)c1ccc(-c2ccc3c(c2)c2ccc4cc2n3-c2cc(C(C)(C)C)cc(n2)-c2cccc(c2)-c2ccccc2-c2cc(C(C)(C)C)cc(-c3cccc(C(C)(C)C)c3)c2N2CN(c3cccc(c3)O4)c3ccccc32)cc1. The summed E-state index contributed by atoms with van der Waals surface area (Å²) in [6.45, 7) is 28.2. The number of ether oxygens (including phenoxy) is 1. The molecule has 0 unspecified atom stereocenters. The van der Waals surface area contributed by atoms with Crippen LogP contribution in [0.5, 0.6) is 11.5 Å². The number of benzene rings is 9. The molecule has 0 saturated carbocycles. The fourth-order valence-electron chi connectivity index (χ4n) is 12.1. The van der Waals surface area contributed by atoms with Crippen LogP contribution in [0.25, 0.3) is 83.4 Å². The van der Waals surface area contributed by atoms with Crippen molar-refractivity contribution >= 4 is 44.6 Å². The maximum absolute atomic E-state index is 7.04. The van der Waals surface area contributed by atoms with E-state index < -0.39 is 0 Å². The molecule has 0 amide bonds. The topological polar surface area (TPSA) is 33.5 Å². The molecular weight excluding hydrogens is 985 g/mol. The summed E-state index contributed by atoms with van der Waals surface area (Å²) in [7, 11) is 0. The molecule has 0 radical (unpaired) electrons. The van der Waals surface area contributed by atoms with Crippen molar-refractivity contribution < 1.29 is 4.74 Å². The molecule has 13 rings (SSSR count). The Balaban J connectivity index is 1.09. The zero-order chi connectivity index (χ0) is 56.3. The number of fused-ring (bicyclic) bond motifs is 23. The molecule has 10 bridgehead atoms. The summed E-state index contributed by atoms with van der Waals surface area (Å²) in [5, 5.41) is 2.29. The molecule has 0 saturated heterocycles. The lowest BCUT2D eigenvalue weighted by molar-refractivity contribution is 0.483. The van der Waals surface area contributed by atoms with Gasteiger partial charge in [-0.15, -0.1) is 0 Å². The minimum atomic E-state index is -0.185. The number of pyridine rings is 1. The smallest absolute Gasteiger partial charge is 0.138 e. The highest BCUT2D eigenvalue weighted by Crippen LogP contribution is 2.53. The highest BCUT2D eigenvalue weighted by atomic mass is 16.5. The fraction of sp³-hybridized carbons (Fsp3) is 0.224. The predicted octanol–water partition coefficient (Wildman–Crippen LogP) is 21.1. The molecule has 5 heteroatoms. The molecule has 2 aromatic heterocycles. The van der Waals surface area contributed by atoms with Gasteiger partial charge in [0.2, 0.25) is 0 Å². The molecule has 11 aromatic rings. The van der Waals surface area contributed by atoms with E-state index in [1.54, 1.807) is 0 Å². The number of anilines is 4. The molecule has 2 aliphatic rings. The summed E-state index contributed by atoms with van der Waals surface area (Å²) in [6, 6.07) is 76.9. The van der Waals surface area contributed by atoms with Crippen LogP contribution < -0.4 is 14.5 Å². The molecule has 0 atom stereocenters. The van der Waals surface area contributed by atoms with Crippen molar-refractivity contribution in [2.45, 2.75) is 105 Å². The molecule has 402 valence electrons. The summed E-state index contributed by atoms with van der Waals surface area (Å²) in [6.07, 6.45) is 0. The number of nitrogens with zero attached hydrogens (tertiary/aromatic N) is 4. The van der Waals surface area contributed by atoms with Crippen LogP contribution in [0.15, 0.2) is 206 Å². The van der Waals surface area contributed by atoms with Crippen molar-refractivity contribution in [1.82, 2.24) is 9.55 Å². The van der Waals surface area contributed by atoms with Gasteiger partial charge < -0.3 is 14.5 Å². The summed E-state index contributed by atoms with van der Waals surface area (Å²) in [5.74, 6) is 2.37. The Kier molecular flexibility index (Phi) is 12.1. The lowest BCUT2D eigenvalue weighted by atomic mass is 9.80. The van der Waals surface area contributed by atoms with Crippen molar-refractivity contribution in [2.24, 2.45) is 0 Å². The maximum atomic E-state index is 7.04. The van der Waals surface area contributed by atoms with E-state index in [9.17, 15) is 0 Å². The molecule has 0 N–H and O–H groups in total. The Morgan fingerprint density at radius 1 is 0.358 bits per heavy atom. The van der Waals surface area contributed by atoms with Crippen LogP contribution in [0.4, 0.5) is 22.7 Å². The van der Waals surface area contributed by atoms with E-state index in [2.05, 4.69) is 304 Å². The Hall–Kier alpha value is -8.67. The monoisotopic (exact) mass is 1060 g/mol. The van der Waals surface area contributed by atoms with E-state index in [1.807, 2.05) is 0 Å². The summed E-state index contributed by atoms with van der Waals surface area (Å²) >= 11 is 0. The van der Waals surface area contributed by atoms with E-state index in [-0.39, 0.29) is 21.7 Å². The van der Waals surface area contributed by atoms with Gasteiger partial charge in [0.15, 0.2) is 0 Å². The minimum absolute atomic E-state index is 0.0446. The fourth-order valence-corrected chi connectivity index (χ4v) is 12.1. The van der Waals surface area contributed by atoms with Crippen LogP contribution in [-0.2, 0) is 21.7 Å². The van der Waals surface area contributed by atoms with Gasteiger partial charge in [0.25, 0.3) is 0 Å². The molecule has 4 heterocycles. The number of hydrogen-bond acceptors (Lipinski definition) is 4. The van der Waals surface area contributed by atoms with Crippen LogP contribution in [0.3, 0.4) is 0 Å². The molecule has 2 aliphatic heterocycles. The third-order valence-corrected chi connectivity index (χ3v) is 16.8. The van der Waals surface area contributed by atoms with Crippen LogP contribution in [0.1, 0.15) is 105 Å². The first-order valence-electron chi connectivity index (χ1n) is 28.8.